The molecule has 0 aliphatic carbocycles. The number of carboxylic acids is 1. The standard InChI is InChI=1S/C9H11FN2O4S/c10-6-1-2-7(11)8(5-6)12-17(15,16)4-3-9(13)14/h1-2,5,12H,3-4,11H2,(H,13,14). The van der Waals surface area contributed by atoms with Crippen LogP contribution in [0.3, 0.4) is 0 Å². The van der Waals surface area contributed by atoms with E-state index >= 15 is 0 Å². The van der Waals surface area contributed by atoms with Gasteiger partial charge in [-0.25, -0.2) is 12.8 Å². The van der Waals surface area contributed by atoms with Gasteiger partial charge in [-0.15, -0.1) is 0 Å². The molecule has 0 saturated carbocycles. The first kappa shape index (κ1) is 13.2. The Hall–Kier alpha value is -1.83. The average molecular weight is 262 g/mol. The van der Waals surface area contributed by atoms with Gasteiger partial charge in [0.15, 0.2) is 0 Å². The SMILES string of the molecule is Nc1ccc(F)cc1NS(=O)(=O)CCC(=O)O. The summed E-state index contributed by atoms with van der Waals surface area (Å²) in [6, 6.07) is 3.22. The smallest absolute Gasteiger partial charge is 0.304 e. The molecule has 0 aliphatic rings. The lowest BCUT2D eigenvalue weighted by Crippen LogP contribution is -2.19. The molecule has 0 heterocycles. The number of hydrogen-bond acceptors (Lipinski definition) is 4. The predicted octanol–water partition coefficient (Wildman–Crippen LogP) is 0.624. The van der Waals surface area contributed by atoms with E-state index in [0.29, 0.717) is 0 Å². The van der Waals surface area contributed by atoms with Crippen LogP contribution in [0, 0.1) is 5.82 Å². The highest BCUT2D eigenvalue weighted by molar-refractivity contribution is 7.92. The summed E-state index contributed by atoms with van der Waals surface area (Å²) in [5.74, 6) is -2.48. The van der Waals surface area contributed by atoms with Crippen molar-refractivity contribution in [3.8, 4) is 0 Å². The number of nitrogens with one attached hydrogen (secondary N) is 1. The lowest BCUT2D eigenvalue weighted by atomic mass is 10.3. The minimum absolute atomic E-state index is 0.0605. The Morgan fingerprint density at radius 3 is 2.71 bits per heavy atom. The maximum absolute atomic E-state index is 12.9. The summed E-state index contributed by atoms with van der Waals surface area (Å²) in [5, 5.41) is 8.36. The van der Waals surface area contributed by atoms with Crippen molar-refractivity contribution < 1.29 is 22.7 Å². The molecule has 0 fully saturated rings. The fourth-order valence-electron chi connectivity index (χ4n) is 1.06. The van der Waals surface area contributed by atoms with Gasteiger partial charge in [0.05, 0.1) is 23.5 Å². The van der Waals surface area contributed by atoms with Crippen LogP contribution in [0.5, 0.6) is 0 Å². The van der Waals surface area contributed by atoms with Gasteiger partial charge in [0.2, 0.25) is 10.0 Å². The zero-order chi connectivity index (χ0) is 13.1. The van der Waals surface area contributed by atoms with Gasteiger partial charge < -0.3 is 10.8 Å². The molecule has 0 atom stereocenters. The van der Waals surface area contributed by atoms with E-state index in [1.807, 2.05) is 4.72 Å². The quantitative estimate of drug-likeness (QED) is 0.674. The molecular formula is C9H11FN2O4S. The second-order valence-electron chi connectivity index (χ2n) is 3.30. The molecule has 1 aromatic rings. The van der Waals surface area contributed by atoms with E-state index in [1.165, 1.54) is 6.07 Å². The fourth-order valence-corrected chi connectivity index (χ4v) is 2.11. The third kappa shape index (κ3) is 4.27. The zero-order valence-electron chi connectivity index (χ0n) is 8.68. The first-order chi connectivity index (χ1) is 7.80. The van der Waals surface area contributed by atoms with E-state index in [2.05, 4.69) is 0 Å². The predicted molar refractivity (Wildman–Crippen MR) is 60.5 cm³/mol. The minimum Gasteiger partial charge on any atom is -0.481 e. The van der Waals surface area contributed by atoms with Crippen LogP contribution in [-0.4, -0.2) is 25.2 Å². The van der Waals surface area contributed by atoms with Crippen molar-refractivity contribution in [1.29, 1.82) is 0 Å². The van der Waals surface area contributed by atoms with Gasteiger partial charge in [0.1, 0.15) is 5.82 Å². The van der Waals surface area contributed by atoms with Crippen LogP contribution in [0.4, 0.5) is 15.8 Å². The molecule has 0 spiro atoms. The van der Waals surface area contributed by atoms with Gasteiger partial charge in [-0.3, -0.25) is 9.52 Å². The molecule has 0 aromatic heterocycles. The van der Waals surface area contributed by atoms with Crippen molar-refractivity contribution in [2.75, 3.05) is 16.2 Å². The van der Waals surface area contributed by atoms with Crippen LogP contribution in [0.1, 0.15) is 6.42 Å². The topological polar surface area (TPSA) is 109 Å². The molecule has 17 heavy (non-hydrogen) atoms. The lowest BCUT2D eigenvalue weighted by molar-refractivity contribution is -0.136. The lowest BCUT2D eigenvalue weighted by Gasteiger charge is -2.09. The van der Waals surface area contributed by atoms with Crippen molar-refractivity contribution in [2.45, 2.75) is 6.42 Å². The van der Waals surface area contributed by atoms with Gasteiger partial charge in [0, 0.05) is 6.07 Å². The maximum atomic E-state index is 12.9. The number of aliphatic carboxylic acids is 1. The fraction of sp³-hybridized carbons (Fsp3) is 0.222. The van der Waals surface area contributed by atoms with E-state index in [-0.39, 0.29) is 11.4 Å². The van der Waals surface area contributed by atoms with E-state index in [0.717, 1.165) is 12.1 Å². The summed E-state index contributed by atoms with van der Waals surface area (Å²) in [6.45, 7) is 0. The van der Waals surface area contributed by atoms with E-state index in [1.54, 1.807) is 0 Å². The van der Waals surface area contributed by atoms with Crippen LogP contribution in [0.25, 0.3) is 0 Å². The summed E-state index contributed by atoms with van der Waals surface area (Å²) in [5.41, 5.74) is 5.40. The number of carbonyl (C=O) groups is 1. The Balaban J connectivity index is 2.83. The van der Waals surface area contributed by atoms with Crippen LogP contribution in [-0.2, 0) is 14.8 Å². The van der Waals surface area contributed by atoms with Gasteiger partial charge in [0.25, 0.3) is 0 Å². The molecule has 0 amide bonds. The Morgan fingerprint density at radius 1 is 1.47 bits per heavy atom. The van der Waals surface area contributed by atoms with E-state index < -0.39 is 34.0 Å². The molecule has 4 N–H and O–H groups in total. The molecule has 0 radical (unpaired) electrons. The van der Waals surface area contributed by atoms with Crippen LogP contribution in [0.15, 0.2) is 18.2 Å². The Labute approximate surface area is 97.3 Å². The summed E-state index contributed by atoms with van der Waals surface area (Å²) in [4.78, 5) is 10.2. The zero-order valence-corrected chi connectivity index (χ0v) is 9.50. The number of rotatable bonds is 5. The summed E-state index contributed by atoms with van der Waals surface area (Å²) in [6.07, 6.45) is -0.537. The third-order valence-corrected chi connectivity index (χ3v) is 3.14. The maximum Gasteiger partial charge on any atom is 0.304 e. The molecule has 94 valence electrons. The van der Waals surface area contributed by atoms with Gasteiger partial charge in [-0.05, 0) is 12.1 Å². The number of nitrogen functional groups attached to an aromatic ring is 1. The number of benzene rings is 1. The minimum atomic E-state index is -3.85. The van der Waals surface area contributed by atoms with Crippen LogP contribution in [0.2, 0.25) is 0 Å². The normalized spacial score (nSPS) is 11.1. The monoisotopic (exact) mass is 262 g/mol. The molecule has 0 unspecified atom stereocenters. The number of hydrogen-bond donors (Lipinski definition) is 3. The van der Waals surface area contributed by atoms with Gasteiger partial charge in [-0.1, -0.05) is 0 Å². The number of carboxylic acid groups (broad SMARTS) is 1. The van der Waals surface area contributed by atoms with Crippen molar-refractivity contribution in [1.82, 2.24) is 0 Å². The molecule has 0 bridgehead atoms. The van der Waals surface area contributed by atoms with E-state index in [9.17, 15) is 17.6 Å². The van der Waals surface area contributed by atoms with Gasteiger partial charge in [-0.2, -0.15) is 0 Å². The summed E-state index contributed by atoms with van der Waals surface area (Å²) >= 11 is 0. The van der Waals surface area contributed by atoms with Crippen molar-refractivity contribution in [2.24, 2.45) is 0 Å². The Kier molecular flexibility index (Phi) is 3.89. The van der Waals surface area contributed by atoms with Crippen LogP contribution >= 0.6 is 0 Å². The molecule has 1 rings (SSSR count). The second-order valence-corrected chi connectivity index (χ2v) is 5.14. The molecule has 1 aromatic carbocycles. The van der Waals surface area contributed by atoms with Crippen molar-refractivity contribution in [3.63, 3.8) is 0 Å². The Bertz CT molecular complexity index is 530. The van der Waals surface area contributed by atoms with Gasteiger partial charge >= 0.3 is 5.97 Å². The molecular weight excluding hydrogens is 251 g/mol. The number of halogens is 1. The second kappa shape index (κ2) is 5.00. The first-order valence-corrected chi connectivity index (χ1v) is 6.23. The van der Waals surface area contributed by atoms with Crippen molar-refractivity contribution in [3.05, 3.63) is 24.0 Å². The average Bonchev–Trinajstić information content (AvgIpc) is 2.20. The Morgan fingerprint density at radius 2 is 2.12 bits per heavy atom. The van der Waals surface area contributed by atoms with Crippen molar-refractivity contribution >= 4 is 27.4 Å². The molecule has 6 nitrogen and oxygen atoms in total. The van der Waals surface area contributed by atoms with E-state index in [4.69, 9.17) is 10.8 Å². The van der Waals surface area contributed by atoms with Crippen LogP contribution < -0.4 is 10.5 Å². The number of anilines is 2. The molecule has 0 saturated heterocycles. The highest BCUT2D eigenvalue weighted by atomic mass is 32.2. The number of sulfonamides is 1. The molecule has 0 aliphatic heterocycles. The third-order valence-electron chi connectivity index (χ3n) is 1.87. The first-order valence-electron chi connectivity index (χ1n) is 4.57. The largest absolute Gasteiger partial charge is 0.481 e. The highest BCUT2D eigenvalue weighted by Gasteiger charge is 2.14. The molecule has 8 heteroatoms. The number of nitrogens with two attached hydrogens (primary N) is 1. The summed E-state index contributed by atoms with van der Waals surface area (Å²) in [7, 11) is -3.85. The highest BCUT2D eigenvalue weighted by Crippen LogP contribution is 2.20. The summed E-state index contributed by atoms with van der Waals surface area (Å²) < 4.78 is 37.7.